The van der Waals surface area contributed by atoms with Crippen molar-refractivity contribution in [1.29, 1.82) is 0 Å². The number of thiazole rings is 1. The van der Waals surface area contributed by atoms with Gasteiger partial charge in [-0.3, -0.25) is 9.69 Å². The van der Waals surface area contributed by atoms with Gasteiger partial charge < -0.3 is 14.8 Å². The van der Waals surface area contributed by atoms with Crippen molar-refractivity contribution < 1.29 is 14.3 Å². The van der Waals surface area contributed by atoms with Crippen LogP contribution in [0.5, 0.6) is 11.5 Å². The number of amides is 1. The molecule has 0 saturated heterocycles. The Morgan fingerprint density at radius 2 is 2.00 bits per heavy atom. The molecule has 28 heavy (non-hydrogen) atoms. The summed E-state index contributed by atoms with van der Waals surface area (Å²) >= 11 is 1.67. The third-order valence-corrected chi connectivity index (χ3v) is 5.52. The lowest BCUT2D eigenvalue weighted by Crippen LogP contribution is -2.35. The van der Waals surface area contributed by atoms with Crippen molar-refractivity contribution >= 4 is 27.5 Å². The molecule has 2 aromatic carbocycles. The van der Waals surface area contributed by atoms with Crippen molar-refractivity contribution in [2.24, 2.45) is 0 Å². The van der Waals surface area contributed by atoms with Gasteiger partial charge in [0, 0.05) is 6.54 Å². The molecular weight excluding hydrogens is 374 g/mol. The zero-order valence-electron chi connectivity index (χ0n) is 15.8. The van der Waals surface area contributed by atoms with Crippen LogP contribution in [0.25, 0.3) is 10.2 Å². The molecule has 2 heterocycles. The Morgan fingerprint density at radius 3 is 2.86 bits per heavy atom. The van der Waals surface area contributed by atoms with E-state index in [4.69, 9.17) is 9.47 Å². The zero-order valence-corrected chi connectivity index (χ0v) is 16.6. The number of rotatable bonds is 7. The molecule has 3 aromatic rings. The molecule has 1 amide bonds. The lowest BCUT2D eigenvalue weighted by molar-refractivity contribution is -0.122. The van der Waals surface area contributed by atoms with Crippen molar-refractivity contribution in [2.45, 2.75) is 13.0 Å². The summed E-state index contributed by atoms with van der Waals surface area (Å²) < 4.78 is 12.3. The third kappa shape index (κ3) is 4.61. The summed E-state index contributed by atoms with van der Waals surface area (Å²) in [5.41, 5.74) is 2.13. The fourth-order valence-corrected chi connectivity index (χ4v) is 4.21. The monoisotopic (exact) mass is 397 g/mol. The van der Waals surface area contributed by atoms with E-state index in [1.54, 1.807) is 11.3 Å². The normalized spacial score (nSPS) is 13.1. The van der Waals surface area contributed by atoms with E-state index >= 15 is 0 Å². The lowest BCUT2D eigenvalue weighted by Gasteiger charge is -2.19. The molecule has 0 spiro atoms. The van der Waals surface area contributed by atoms with Gasteiger partial charge in [0.05, 0.1) is 23.3 Å². The van der Waals surface area contributed by atoms with E-state index in [0.717, 1.165) is 34.0 Å². The minimum absolute atomic E-state index is 0.0150. The van der Waals surface area contributed by atoms with E-state index in [2.05, 4.69) is 16.4 Å². The number of likely N-dealkylation sites (N-methyl/N-ethyl adjacent to an activating group) is 1. The predicted molar refractivity (Wildman–Crippen MR) is 110 cm³/mol. The van der Waals surface area contributed by atoms with Crippen LogP contribution < -0.4 is 14.8 Å². The summed E-state index contributed by atoms with van der Waals surface area (Å²) in [6, 6.07) is 14.0. The number of ether oxygens (including phenoxy) is 2. The van der Waals surface area contributed by atoms with E-state index in [1.165, 1.54) is 4.70 Å². The smallest absolute Gasteiger partial charge is 0.234 e. The molecule has 0 bridgehead atoms. The second-order valence-corrected chi connectivity index (χ2v) is 7.94. The molecule has 1 aliphatic heterocycles. The van der Waals surface area contributed by atoms with Crippen LogP contribution >= 0.6 is 11.3 Å². The Labute approximate surface area is 168 Å². The fourth-order valence-electron chi connectivity index (χ4n) is 3.16. The van der Waals surface area contributed by atoms with Crippen molar-refractivity contribution in [3.05, 3.63) is 53.0 Å². The summed E-state index contributed by atoms with van der Waals surface area (Å²) in [6.45, 7) is 2.76. The van der Waals surface area contributed by atoms with Gasteiger partial charge in [-0.25, -0.2) is 4.98 Å². The molecule has 0 aliphatic carbocycles. The van der Waals surface area contributed by atoms with Crippen LogP contribution in [-0.2, 0) is 17.8 Å². The molecule has 0 unspecified atom stereocenters. The SMILES string of the molecule is CN(CC(=O)NCCc1ccc2c(c1)OCCO2)Cc1nc2ccccc2s1. The number of aromatic nitrogens is 1. The van der Waals surface area contributed by atoms with Gasteiger partial charge >= 0.3 is 0 Å². The number of nitrogens with one attached hydrogen (secondary N) is 1. The average Bonchev–Trinajstić information content (AvgIpc) is 3.09. The maximum atomic E-state index is 12.2. The first-order valence-corrected chi connectivity index (χ1v) is 10.2. The van der Waals surface area contributed by atoms with Gasteiger partial charge in [0.25, 0.3) is 0 Å². The van der Waals surface area contributed by atoms with Crippen LogP contribution in [0.4, 0.5) is 0 Å². The minimum Gasteiger partial charge on any atom is -0.486 e. The molecule has 0 atom stereocenters. The van der Waals surface area contributed by atoms with Gasteiger partial charge in [-0.15, -0.1) is 11.3 Å². The molecule has 1 aliphatic rings. The number of para-hydroxylation sites is 1. The highest BCUT2D eigenvalue weighted by Gasteiger charge is 2.13. The number of carbonyl (C=O) groups is 1. The van der Waals surface area contributed by atoms with E-state index < -0.39 is 0 Å². The molecular formula is C21H23N3O3S. The Hall–Kier alpha value is -2.64. The largest absolute Gasteiger partial charge is 0.486 e. The van der Waals surface area contributed by atoms with Crippen LogP contribution in [0, 0.1) is 0 Å². The van der Waals surface area contributed by atoms with Crippen LogP contribution in [-0.4, -0.2) is 49.1 Å². The molecule has 0 radical (unpaired) electrons. The highest BCUT2D eigenvalue weighted by atomic mass is 32.1. The average molecular weight is 398 g/mol. The quantitative estimate of drug-likeness (QED) is 0.664. The molecule has 1 N–H and O–H groups in total. The van der Waals surface area contributed by atoms with Crippen molar-refractivity contribution in [3.8, 4) is 11.5 Å². The maximum Gasteiger partial charge on any atom is 0.234 e. The number of hydrogen-bond donors (Lipinski definition) is 1. The third-order valence-electron chi connectivity index (χ3n) is 4.50. The number of nitrogens with zero attached hydrogens (tertiary/aromatic N) is 2. The van der Waals surface area contributed by atoms with Crippen molar-refractivity contribution in [3.63, 3.8) is 0 Å². The van der Waals surface area contributed by atoms with Crippen molar-refractivity contribution in [2.75, 3.05) is 33.4 Å². The molecule has 4 rings (SSSR count). The standard InChI is InChI=1S/C21H23N3O3S/c1-24(14-21-23-16-4-2-3-5-19(16)28-21)13-20(25)22-9-8-15-6-7-17-18(12-15)27-11-10-26-17/h2-7,12H,8-11,13-14H2,1H3,(H,22,25). The Morgan fingerprint density at radius 1 is 1.18 bits per heavy atom. The number of benzene rings is 2. The van der Waals surface area contributed by atoms with E-state index in [1.807, 2.05) is 48.3 Å². The summed E-state index contributed by atoms with van der Waals surface area (Å²) in [7, 11) is 1.94. The Kier molecular flexibility index (Phi) is 5.73. The second kappa shape index (κ2) is 8.58. The molecule has 7 heteroatoms. The predicted octanol–water partition coefficient (Wildman–Crippen LogP) is 2.86. The van der Waals surface area contributed by atoms with E-state index in [9.17, 15) is 4.79 Å². The van der Waals surface area contributed by atoms with Crippen LogP contribution in [0.1, 0.15) is 10.6 Å². The van der Waals surface area contributed by atoms with Crippen LogP contribution in [0.15, 0.2) is 42.5 Å². The highest BCUT2D eigenvalue weighted by molar-refractivity contribution is 7.18. The number of carbonyl (C=O) groups excluding carboxylic acids is 1. The van der Waals surface area contributed by atoms with E-state index in [-0.39, 0.29) is 5.91 Å². The maximum absolute atomic E-state index is 12.2. The lowest BCUT2D eigenvalue weighted by atomic mass is 10.1. The molecule has 0 fully saturated rings. The molecule has 1 aromatic heterocycles. The minimum atomic E-state index is 0.0150. The van der Waals surface area contributed by atoms with Crippen LogP contribution in [0.3, 0.4) is 0 Å². The van der Waals surface area contributed by atoms with Gasteiger partial charge in [0.1, 0.15) is 18.2 Å². The fraction of sp³-hybridized carbons (Fsp3) is 0.333. The summed E-state index contributed by atoms with van der Waals surface area (Å²) in [4.78, 5) is 18.8. The van der Waals surface area contributed by atoms with E-state index in [0.29, 0.717) is 32.8 Å². The Bertz CT molecular complexity index is 939. The first-order valence-electron chi connectivity index (χ1n) is 9.35. The molecule has 0 saturated carbocycles. The summed E-state index contributed by atoms with van der Waals surface area (Å²) in [5, 5.41) is 4.01. The number of fused-ring (bicyclic) bond motifs is 2. The zero-order chi connectivity index (χ0) is 19.3. The van der Waals surface area contributed by atoms with Gasteiger partial charge in [0.2, 0.25) is 5.91 Å². The Balaban J connectivity index is 1.22. The van der Waals surface area contributed by atoms with Gasteiger partial charge in [-0.1, -0.05) is 18.2 Å². The first-order chi connectivity index (χ1) is 13.7. The highest BCUT2D eigenvalue weighted by Crippen LogP contribution is 2.30. The summed E-state index contributed by atoms with van der Waals surface area (Å²) in [6.07, 6.45) is 0.754. The summed E-state index contributed by atoms with van der Waals surface area (Å²) in [5.74, 6) is 1.59. The first kappa shape index (κ1) is 18.7. The van der Waals surface area contributed by atoms with Gasteiger partial charge in [0.15, 0.2) is 11.5 Å². The number of hydrogen-bond acceptors (Lipinski definition) is 6. The van der Waals surface area contributed by atoms with Gasteiger partial charge in [-0.05, 0) is 43.3 Å². The topological polar surface area (TPSA) is 63.7 Å². The molecule has 146 valence electrons. The second-order valence-electron chi connectivity index (χ2n) is 6.83. The van der Waals surface area contributed by atoms with Crippen LogP contribution in [0.2, 0.25) is 0 Å². The molecule has 6 nitrogen and oxygen atoms in total. The van der Waals surface area contributed by atoms with Gasteiger partial charge in [-0.2, -0.15) is 0 Å². The van der Waals surface area contributed by atoms with Crippen molar-refractivity contribution in [1.82, 2.24) is 15.2 Å².